The van der Waals surface area contributed by atoms with Gasteiger partial charge in [0.25, 0.3) is 0 Å². The minimum atomic E-state index is -4.68. The van der Waals surface area contributed by atoms with Gasteiger partial charge in [-0.25, -0.2) is 15.0 Å². The summed E-state index contributed by atoms with van der Waals surface area (Å²) >= 11 is 6.66. The van der Waals surface area contributed by atoms with Crippen LogP contribution in [0.25, 0.3) is 10.9 Å². The number of pyridine rings is 1. The van der Waals surface area contributed by atoms with Gasteiger partial charge in [-0.3, -0.25) is 4.79 Å². The van der Waals surface area contributed by atoms with Gasteiger partial charge in [-0.05, 0) is 25.1 Å². The number of thioether (sulfide) groups is 1. The maximum atomic E-state index is 13.1. The van der Waals surface area contributed by atoms with Crippen LogP contribution in [0.4, 0.5) is 19.0 Å². The molecule has 10 heteroatoms. The van der Waals surface area contributed by atoms with E-state index in [-0.39, 0.29) is 10.5 Å². The van der Waals surface area contributed by atoms with Gasteiger partial charge in [-0.2, -0.15) is 13.2 Å². The molecule has 140 valence electrons. The van der Waals surface area contributed by atoms with Crippen LogP contribution >= 0.6 is 23.4 Å². The summed E-state index contributed by atoms with van der Waals surface area (Å²) in [5.74, 6) is -1.37. The monoisotopic (exact) mass is 412 g/mol. The van der Waals surface area contributed by atoms with Gasteiger partial charge >= 0.3 is 6.18 Å². The lowest BCUT2D eigenvalue weighted by molar-refractivity contribution is -0.145. The first kappa shape index (κ1) is 19.4. The summed E-state index contributed by atoms with van der Waals surface area (Å²) in [4.78, 5) is 23.5. The van der Waals surface area contributed by atoms with Crippen molar-refractivity contribution >= 4 is 46.0 Å². The Morgan fingerprint density at radius 3 is 2.59 bits per heavy atom. The highest BCUT2D eigenvalue weighted by Gasteiger charge is 2.35. The number of halogens is 4. The lowest BCUT2D eigenvalue weighted by Crippen LogP contribution is -2.23. The number of aromatic nitrogens is 3. The molecule has 2 heterocycles. The highest BCUT2D eigenvalue weighted by molar-refractivity contribution is 8.00. The van der Waals surface area contributed by atoms with Gasteiger partial charge in [0.15, 0.2) is 0 Å². The third kappa shape index (κ3) is 4.67. The van der Waals surface area contributed by atoms with Gasteiger partial charge in [0.1, 0.15) is 10.8 Å². The van der Waals surface area contributed by atoms with Crippen molar-refractivity contribution in [2.24, 2.45) is 0 Å². The number of benzene rings is 1. The standard InChI is InChI=1S/C17H12ClF3N4OS/c1-9(14(26)24-13-7-6-10(18)8-22-13)27-15-11-4-2-3-5-12(11)23-16(25-15)17(19,20)21/h2-9H,1H3,(H,22,24,26)/t9-/m1/s1. The van der Waals surface area contributed by atoms with E-state index in [0.717, 1.165) is 11.8 Å². The molecule has 3 aromatic rings. The zero-order chi connectivity index (χ0) is 19.6. The van der Waals surface area contributed by atoms with Gasteiger partial charge < -0.3 is 5.32 Å². The van der Waals surface area contributed by atoms with Crippen molar-refractivity contribution < 1.29 is 18.0 Å². The summed E-state index contributed by atoms with van der Waals surface area (Å²) in [7, 11) is 0. The fraction of sp³-hybridized carbons (Fsp3) is 0.176. The zero-order valence-electron chi connectivity index (χ0n) is 13.8. The van der Waals surface area contributed by atoms with E-state index >= 15 is 0 Å². The van der Waals surface area contributed by atoms with Crippen LogP contribution in [-0.2, 0) is 11.0 Å². The van der Waals surface area contributed by atoms with Gasteiger partial charge in [0.2, 0.25) is 11.7 Å². The minimum Gasteiger partial charge on any atom is -0.310 e. The van der Waals surface area contributed by atoms with Gasteiger partial charge in [-0.15, -0.1) is 0 Å². The normalized spacial score (nSPS) is 12.8. The van der Waals surface area contributed by atoms with Gasteiger partial charge in [0.05, 0.1) is 15.8 Å². The average Bonchev–Trinajstić information content (AvgIpc) is 2.62. The number of fused-ring (bicyclic) bond motifs is 1. The summed E-state index contributed by atoms with van der Waals surface area (Å²) in [6.45, 7) is 1.57. The first-order chi connectivity index (χ1) is 12.7. The zero-order valence-corrected chi connectivity index (χ0v) is 15.4. The fourth-order valence-corrected chi connectivity index (χ4v) is 3.21. The molecule has 5 nitrogen and oxygen atoms in total. The van der Waals surface area contributed by atoms with Crippen LogP contribution in [0.15, 0.2) is 47.6 Å². The molecule has 0 spiro atoms. The quantitative estimate of drug-likeness (QED) is 0.491. The molecule has 1 amide bonds. The molecule has 0 aliphatic heterocycles. The number of rotatable bonds is 4. The third-order valence-corrected chi connectivity index (χ3v) is 4.78. The molecule has 0 aliphatic carbocycles. The molecule has 1 N–H and O–H groups in total. The SMILES string of the molecule is C[C@@H](Sc1nc(C(F)(F)F)nc2ccccc12)C(=O)Nc1ccc(Cl)cn1. The predicted octanol–water partition coefficient (Wildman–Crippen LogP) is 4.82. The van der Waals surface area contributed by atoms with Gasteiger partial charge in [-0.1, -0.05) is 41.6 Å². The topological polar surface area (TPSA) is 67.8 Å². The predicted molar refractivity (Wildman–Crippen MR) is 97.7 cm³/mol. The lowest BCUT2D eigenvalue weighted by atomic mass is 10.2. The lowest BCUT2D eigenvalue weighted by Gasteiger charge is -2.14. The molecule has 0 aliphatic rings. The molecule has 0 unspecified atom stereocenters. The maximum Gasteiger partial charge on any atom is 0.451 e. The number of amides is 1. The van der Waals surface area contributed by atoms with Gasteiger partial charge in [0, 0.05) is 11.6 Å². The van der Waals surface area contributed by atoms with Crippen molar-refractivity contribution in [3.8, 4) is 0 Å². The molecule has 0 bridgehead atoms. The summed E-state index contributed by atoms with van der Waals surface area (Å²) in [6, 6.07) is 9.44. The van der Waals surface area contributed by atoms with E-state index in [1.165, 1.54) is 18.3 Å². The number of alkyl halides is 3. The Labute approximate surface area is 161 Å². The Morgan fingerprint density at radius 2 is 1.93 bits per heavy atom. The second-order valence-electron chi connectivity index (χ2n) is 5.48. The van der Waals surface area contributed by atoms with E-state index in [4.69, 9.17) is 11.6 Å². The molecular weight excluding hydrogens is 401 g/mol. The average molecular weight is 413 g/mol. The largest absolute Gasteiger partial charge is 0.451 e. The molecule has 0 radical (unpaired) electrons. The van der Waals surface area contributed by atoms with Crippen LogP contribution in [0.5, 0.6) is 0 Å². The molecule has 3 rings (SSSR count). The van der Waals surface area contributed by atoms with Crippen LogP contribution in [0.2, 0.25) is 5.02 Å². The first-order valence-electron chi connectivity index (χ1n) is 7.67. The molecular formula is C17H12ClF3N4OS. The smallest absolute Gasteiger partial charge is 0.310 e. The molecule has 0 fully saturated rings. The van der Waals surface area contributed by atoms with E-state index in [1.807, 2.05) is 0 Å². The van der Waals surface area contributed by atoms with Crippen molar-refractivity contribution in [3.63, 3.8) is 0 Å². The summed E-state index contributed by atoms with van der Waals surface area (Å²) < 4.78 is 39.2. The number of nitrogens with one attached hydrogen (secondary N) is 1. The number of anilines is 1. The number of nitrogens with zero attached hydrogens (tertiary/aromatic N) is 3. The maximum absolute atomic E-state index is 13.1. The van der Waals surface area contributed by atoms with E-state index in [0.29, 0.717) is 16.2 Å². The number of carbonyl (C=O) groups is 1. The second-order valence-corrected chi connectivity index (χ2v) is 7.24. The van der Waals surface area contributed by atoms with Crippen LogP contribution in [0.3, 0.4) is 0 Å². The van der Waals surface area contributed by atoms with Crippen LogP contribution in [0, 0.1) is 0 Å². The van der Waals surface area contributed by atoms with Crippen molar-refractivity contribution in [3.05, 3.63) is 53.4 Å². The van der Waals surface area contributed by atoms with Crippen molar-refractivity contribution in [1.82, 2.24) is 15.0 Å². The molecule has 1 atom stereocenters. The second kappa shape index (κ2) is 7.69. The number of hydrogen-bond donors (Lipinski definition) is 1. The third-order valence-electron chi connectivity index (χ3n) is 3.46. The minimum absolute atomic E-state index is 0.0830. The molecule has 0 saturated heterocycles. The summed E-state index contributed by atoms with van der Waals surface area (Å²) in [5.41, 5.74) is 0.161. The van der Waals surface area contributed by atoms with Crippen LogP contribution < -0.4 is 5.32 Å². The van der Waals surface area contributed by atoms with Crippen molar-refractivity contribution in [2.75, 3.05) is 5.32 Å². The van der Waals surface area contributed by atoms with E-state index < -0.39 is 23.2 Å². The summed E-state index contributed by atoms with van der Waals surface area (Å²) in [5, 5.41) is 2.81. The molecule has 27 heavy (non-hydrogen) atoms. The highest BCUT2D eigenvalue weighted by atomic mass is 35.5. The number of para-hydroxylation sites is 1. The fourth-order valence-electron chi connectivity index (χ4n) is 2.16. The van der Waals surface area contributed by atoms with E-state index in [1.54, 1.807) is 31.2 Å². The Hall–Kier alpha value is -2.39. The Morgan fingerprint density at radius 1 is 1.19 bits per heavy atom. The number of hydrogen-bond acceptors (Lipinski definition) is 5. The Balaban J connectivity index is 1.86. The van der Waals surface area contributed by atoms with Crippen molar-refractivity contribution in [1.29, 1.82) is 0 Å². The molecule has 2 aromatic heterocycles. The van der Waals surface area contributed by atoms with E-state index in [9.17, 15) is 18.0 Å². The van der Waals surface area contributed by atoms with Crippen LogP contribution in [0.1, 0.15) is 12.7 Å². The number of carbonyl (C=O) groups excluding carboxylic acids is 1. The van der Waals surface area contributed by atoms with Crippen molar-refractivity contribution in [2.45, 2.75) is 23.4 Å². The first-order valence-corrected chi connectivity index (χ1v) is 8.93. The van der Waals surface area contributed by atoms with E-state index in [2.05, 4.69) is 20.3 Å². The highest BCUT2D eigenvalue weighted by Crippen LogP contribution is 2.33. The molecule has 1 aromatic carbocycles. The Bertz CT molecular complexity index is 982. The molecule has 0 saturated carbocycles. The Kier molecular flexibility index (Phi) is 5.52. The summed E-state index contributed by atoms with van der Waals surface area (Å²) in [6.07, 6.45) is -3.30. The van der Waals surface area contributed by atoms with Crippen LogP contribution in [-0.4, -0.2) is 26.1 Å².